The molecule has 0 N–H and O–H groups in total. The van der Waals surface area contributed by atoms with Crippen LogP contribution in [0.15, 0.2) is 30.5 Å². The fourth-order valence-electron chi connectivity index (χ4n) is 2.52. The van der Waals surface area contributed by atoms with Gasteiger partial charge in [0.15, 0.2) is 5.78 Å². The molecule has 1 aromatic carbocycles. The highest BCUT2D eigenvalue weighted by Crippen LogP contribution is 2.34. The summed E-state index contributed by atoms with van der Waals surface area (Å²) in [5.41, 5.74) is 3.05. The van der Waals surface area contributed by atoms with Crippen LogP contribution in [0.5, 0.6) is 0 Å². The molecule has 0 saturated heterocycles. The number of carbonyl (C=O) groups is 1. The van der Waals surface area contributed by atoms with E-state index < -0.39 is 0 Å². The Morgan fingerprint density at radius 2 is 2.24 bits per heavy atom. The zero-order chi connectivity index (χ0) is 11.8. The lowest BCUT2D eigenvalue weighted by Gasteiger charge is -2.09. The van der Waals surface area contributed by atoms with Crippen LogP contribution < -0.4 is 0 Å². The van der Waals surface area contributed by atoms with Crippen LogP contribution in [0.2, 0.25) is 0 Å². The number of aromatic nitrogens is 3. The third-order valence-corrected chi connectivity index (χ3v) is 3.42. The molecule has 0 bridgehead atoms. The summed E-state index contributed by atoms with van der Waals surface area (Å²) in [4.78, 5) is 12.4. The number of benzene rings is 1. The van der Waals surface area contributed by atoms with Crippen molar-refractivity contribution < 1.29 is 4.79 Å². The lowest BCUT2D eigenvalue weighted by Crippen LogP contribution is -2.14. The molecule has 1 heterocycles. The van der Waals surface area contributed by atoms with Gasteiger partial charge in [0.05, 0.1) is 6.20 Å². The highest BCUT2D eigenvalue weighted by atomic mass is 16.1. The van der Waals surface area contributed by atoms with Crippen LogP contribution in [0.3, 0.4) is 0 Å². The first-order valence-electron chi connectivity index (χ1n) is 5.74. The highest BCUT2D eigenvalue weighted by molar-refractivity contribution is 6.00. The molecule has 1 aliphatic carbocycles. The molecule has 4 heteroatoms. The van der Waals surface area contributed by atoms with Crippen LogP contribution in [0.25, 0.3) is 0 Å². The number of ketones is 1. The van der Waals surface area contributed by atoms with Crippen molar-refractivity contribution in [1.29, 1.82) is 0 Å². The summed E-state index contributed by atoms with van der Waals surface area (Å²) in [6.07, 6.45) is 3.42. The molecule has 4 nitrogen and oxygen atoms in total. The van der Waals surface area contributed by atoms with E-state index in [0.29, 0.717) is 5.69 Å². The Kier molecular flexibility index (Phi) is 2.28. The van der Waals surface area contributed by atoms with Crippen molar-refractivity contribution in [1.82, 2.24) is 15.0 Å². The zero-order valence-corrected chi connectivity index (χ0v) is 9.63. The van der Waals surface area contributed by atoms with E-state index in [1.54, 1.807) is 17.9 Å². The van der Waals surface area contributed by atoms with Gasteiger partial charge in [0.25, 0.3) is 0 Å². The first-order chi connectivity index (χ1) is 8.27. The zero-order valence-electron chi connectivity index (χ0n) is 9.63. The Morgan fingerprint density at radius 1 is 1.41 bits per heavy atom. The third kappa shape index (κ3) is 1.56. The summed E-state index contributed by atoms with van der Waals surface area (Å²) in [5, 5.41) is 7.57. The van der Waals surface area contributed by atoms with E-state index in [4.69, 9.17) is 0 Å². The summed E-state index contributed by atoms with van der Waals surface area (Å²) < 4.78 is 1.54. The Labute approximate surface area is 99.3 Å². The van der Waals surface area contributed by atoms with Gasteiger partial charge in [-0.05, 0) is 24.0 Å². The van der Waals surface area contributed by atoms with E-state index in [-0.39, 0.29) is 11.7 Å². The number of carbonyl (C=O) groups excluding carboxylic acids is 1. The van der Waals surface area contributed by atoms with Gasteiger partial charge in [-0.15, -0.1) is 5.10 Å². The number of fused-ring (bicyclic) bond motifs is 1. The number of aryl methyl sites for hydroxylation is 2. The minimum Gasteiger partial charge on any atom is -0.292 e. The van der Waals surface area contributed by atoms with E-state index in [0.717, 1.165) is 12.8 Å². The standard InChI is InChI=1S/C13H13N3O/c1-16-12(8-14-15-16)13(17)11-7-6-9-4-2-3-5-10(9)11/h2-5,8,11H,6-7H2,1H3. The predicted octanol–water partition coefficient (Wildman–Crippen LogP) is 1.73. The van der Waals surface area contributed by atoms with Crippen molar-refractivity contribution in [3.63, 3.8) is 0 Å². The SMILES string of the molecule is Cn1nncc1C(=O)C1CCc2ccccc21. The molecule has 0 radical (unpaired) electrons. The van der Waals surface area contributed by atoms with Crippen molar-refractivity contribution in [2.45, 2.75) is 18.8 Å². The van der Waals surface area contributed by atoms with Gasteiger partial charge in [-0.1, -0.05) is 29.5 Å². The molecular formula is C13H13N3O. The fourth-order valence-corrected chi connectivity index (χ4v) is 2.52. The Hall–Kier alpha value is -1.97. The van der Waals surface area contributed by atoms with Crippen LogP contribution in [0.4, 0.5) is 0 Å². The number of nitrogens with zero attached hydrogens (tertiary/aromatic N) is 3. The quantitative estimate of drug-likeness (QED) is 0.734. The van der Waals surface area contributed by atoms with Gasteiger partial charge in [0.2, 0.25) is 0 Å². The summed E-state index contributed by atoms with van der Waals surface area (Å²) in [6, 6.07) is 8.17. The van der Waals surface area contributed by atoms with Gasteiger partial charge in [0, 0.05) is 13.0 Å². The Morgan fingerprint density at radius 3 is 3.00 bits per heavy atom. The van der Waals surface area contributed by atoms with E-state index in [9.17, 15) is 4.79 Å². The minimum atomic E-state index is -0.0246. The molecule has 2 aromatic rings. The molecular weight excluding hydrogens is 214 g/mol. The van der Waals surface area contributed by atoms with Crippen LogP contribution in [-0.2, 0) is 13.5 Å². The smallest absolute Gasteiger partial charge is 0.189 e. The largest absolute Gasteiger partial charge is 0.292 e. The second-order valence-corrected chi connectivity index (χ2v) is 4.40. The monoisotopic (exact) mass is 227 g/mol. The maximum Gasteiger partial charge on any atom is 0.189 e. The van der Waals surface area contributed by atoms with Crippen LogP contribution in [-0.4, -0.2) is 20.8 Å². The number of rotatable bonds is 2. The molecule has 0 amide bonds. The average Bonchev–Trinajstić information content (AvgIpc) is 2.94. The van der Waals surface area contributed by atoms with Crippen molar-refractivity contribution in [2.24, 2.45) is 7.05 Å². The van der Waals surface area contributed by atoms with Gasteiger partial charge in [-0.25, -0.2) is 4.68 Å². The second-order valence-electron chi connectivity index (χ2n) is 4.40. The molecule has 86 valence electrons. The van der Waals surface area contributed by atoms with Gasteiger partial charge in [0.1, 0.15) is 5.69 Å². The maximum absolute atomic E-state index is 12.4. The molecule has 0 spiro atoms. The molecule has 1 unspecified atom stereocenters. The van der Waals surface area contributed by atoms with Crippen LogP contribution >= 0.6 is 0 Å². The topological polar surface area (TPSA) is 47.8 Å². The maximum atomic E-state index is 12.4. The first kappa shape index (κ1) is 10.2. The lowest BCUT2D eigenvalue weighted by molar-refractivity contribution is 0.0950. The highest BCUT2D eigenvalue weighted by Gasteiger charge is 2.30. The van der Waals surface area contributed by atoms with Gasteiger partial charge >= 0.3 is 0 Å². The first-order valence-corrected chi connectivity index (χ1v) is 5.74. The van der Waals surface area contributed by atoms with Gasteiger partial charge in [-0.2, -0.15) is 0 Å². The average molecular weight is 227 g/mol. The Bertz CT molecular complexity index is 574. The van der Waals surface area contributed by atoms with E-state index in [2.05, 4.69) is 22.4 Å². The van der Waals surface area contributed by atoms with Crippen molar-refractivity contribution in [3.05, 3.63) is 47.3 Å². The molecule has 0 fully saturated rings. The third-order valence-electron chi connectivity index (χ3n) is 3.42. The second kappa shape index (κ2) is 3.80. The molecule has 17 heavy (non-hydrogen) atoms. The minimum absolute atomic E-state index is 0.0246. The van der Waals surface area contributed by atoms with Crippen molar-refractivity contribution in [3.8, 4) is 0 Å². The number of hydrogen-bond acceptors (Lipinski definition) is 3. The fraction of sp³-hybridized carbons (Fsp3) is 0.308. The molecule has 1 atom stereocenters. The van der Waals surface area contributed by atoms with Gasteiger partial charge < -0.3 is 0 Å². The molecule has 1 aliphatic rings. The molecule has 1 aromatic heterocycles. The summed E-state index contributed by atoms with van der Waals surface area (Å²) in [6.45, 7) is 0. The lowest BCUT2D eigenvalue weighted by atomic mass is 9.95. The normalized spacial score (nSPS) is 18.1. The summed E-state index contributed by atoms with van der Waals surface area (Å²) in [5.74, 6) is 0.103. The number of Topliss-reactive ketones (excluding diaryl/α,β-unsaturated/α-hetero) is 1. The van der Waals surface area contributed by atoms with Crippen molar-refractivity contribution in [2.75, 3.05) is 0 Å². The molecule has 3 rings (SSSR count). The van der Waals surface area contributed by atoms with Crippen LogP contribution in [0, 0.1) is 0 Å². The van der Waals surface area contributed by atoms with Gasteiger partial charge in [-0.3, -0.25) is 4.79 Å². The Balaban J connectivity index is 1.98. The van der Waals surface area contributed by atoms with E-state index in [1.165, 1.54) is 11.1 Å². The van der Waals surface area contributed by atoms with E-state index in [1.807, 2.05) is 12.1 Å². The van der Waals surface area contributed by atoms with Crippen molar-refractivity contribution >= 4 is 5.78 Å². The summed E-state index contributed by atoms with van der Waals surface area (Å²) >= 11 is 0. The van der Waals surface area contributed by atoms with E-state index >= 15 is 0 Å². The number of hydrogen-bond donors (Lipinski definition) is 0. The molecule has 0 saturated carbocycles. The van der Waals surface area contributed by atoms with Crippen LogP contribution in [0.1, 0.15) is 34.0 Å². The predicted molar refractivity (Wildman–Crippen MR) is 62.8 cm³/mol. The molecule has 0 aliphatic heterocycles. The summed E-state index contributed by atoms with van der Waals surface area (Å²) in [7, 11) is 1.75.